The summed E-state index contributed by atoms with van der Waals surface area (Å²) < 4.78 is 0. The molecule has 0 unspecified atom stereocenters. The Bertz CT molecular complexity index is 31.0. The Morgan fingerprint density at radius 2 is 1.25 bits per heavy atom. The maximum absolute atomic E-state index is 6.25. The van der Waals surface area contributed by atoms with Crippen molar-refractivity contribution in [3.8, 4) is 0 Å². The molecule has 0 aromatic heterocycles. The van der Waals surface area contributed by atoms with E-state index in [2.05, 4.69) is 0 Å². The van der Waals surface area contributed by atoms with E-state index >= 15 is 0 Å². The van der Waals surface area contributed by atoms with Gasteiger partial charge in [-0.25, -0.2) is 0 Å². The average molecular weight is 258 g/mol. The minimum atomic E-state index is 0. The maximum atomic E-state index is 6.25. The Balaban J connectivity index is -0.0000000183. The van der Waals surface area contributed by atoms with E-state index in [4.69, 9.17) is 23.3 Å². The second-order valence-corrected chi connectivity index (χ2v) is 0.577. The van der Waals surface area contributed by atoms with Crippen molar-refractivity contribution in [1.29, 1.82) is 5.26 Å². The van der Waals surface area contributed by atoms with Crippen LogP contribution in [0.15, 0.2) is 0 Å². The number of nitrogens with two attached hydrogens (primary N) is 2. The summed E-state index contributed by atoms with van der Waals surface area (Å²) in [6.07, 6.45) is 0. The monoisotopic (exact) mass is 256 g/mol. The molecule has 0 rings (SSSR count). The molecule has 0 atom stereocenters. The van der Waals surface area contributed by atoms with E-state index in [-0.39, 0.29) is 39.4 Å². The molecule has 56 valence electrons. The van der Waals surface area contributed by atoms with Crippen molar-refractivity contribution in [2.75, 3.05) is 13.1 Å². The van der Waals surface area contributed by atoms with Gasteiger partial charge >= 0.3 is 39.4 Å². The van der Waals surface area contributed by atoms with Gasteiger partial charge in [0.25, 0.3) is 0 Å². The summed E-state index contributed by atoms with van der Waals surface area (Å²) >= 11 is 0. The van der Waals surface area contributed by atoms with Crippen molar-refractivity contribution in [2.45, 2.75) is 0 Å². The van der Waals surface area contributed by atoms with Crippen LogP contribution in [0.4, 0.5) is 0 Å². The molecule has 0 aliphatic carbocycles. The average Bonchev–Trinajstić information content (AvgIpc) is 1.72. The van der Waals surface area contributed by atoms with Crippen LogP contribution in [-0.4, -0.2) is 13.1 Å². The van der Waals surface area contributed by atoms with Gasteiger partial charge < -0.3 is 23.3 Å². The molecular weight excluding hydrogens is 249 g/mol. The smallest absolute Gasteiger partial charge is 0.512 e. The predicted octanol–water partition coefficient (Wildman–Crippen LogP) is -1.00. The van der Waals surface area contributed by atoms with E-state index in [1.807, 2.05) is 0 Å². The zero-order chi connectivity index (χ0) is 5.41. The molecule has 0 bridgehead atoms. The van der Waals surface area contributed by atoms with Gasteiger partial charge in [-0.1, -0.05) is 0 Å². The van der Waals surface area contributed by atoms with E-state index in [0.29, 0.717) is 13.1 Å². The van der Waals surface area contributed by atoms with Gasteiger partial charge in [0.1, 0.15) is 0 Å². The van der Waals surface area contributed by atoms with Crippen LogP contribution < -0.4 is 11.5 Å². The van der Waals surface area contributed by atoms with Crippen LogP contribution in [0, 0.1) is 11.8 Å². The summed E-state index contributed by atoms with van der Waals surface area (Å²) in [6, 6.07) is 0. The quantitative estimate of drug-likeness (QED) is 0.467. The summed E-state index contributed by atoms with van der Waals surface area (Å²) in [4.78, 5) is 0. The first-order valence-corrected chi connectivity index (χ1v) is 1.54. The molecule has 8 heavy (non-hydrogen) atoms. The first-order valence-electron chi connectivity index (χ1n) is 1.54. The second kappa shape index (κ2) is 47.9. The zero-order valence-corrected chi connectivity index (χ0v) is 6.54. The first-order chi connectivity index (χ1) is 2.91. The van der Waals surface area contributed by atoms with Crippen molar-refractivity contribution >= 4 is 0 Å². The third kappa shape index (κ3) is 76.9. The second-order valence-electron chi connectivity index (χ2n) is 0.577. The number of hydrogen-bond acceptors (Lipinski definition) is 3. The van der Waals surface area contributed by atoms with Gasteiger partial charge in [-0.05, 0) is 0 Å². The summed E-state index contributed by atoms with van der Waals surface area (Å²) in [7, 11) is 0. The van der Waals surface area contributed by atoms with E-state index in [1.54, 1.807) is 0 Å². The number of rotatable bonds is 1. The molecule has 0 heterocycles. The minimum Gasteiger partial charge on any atom is -0.512 e. The van der Waals surface area contributed by atoms with Gasteiger partial charge in [0.05, 0.1) is 0 Å². The molecule has 0 fully saturated rings. The molecule has 3 nitrogen and oxygen atoms in total. The summed E-state index contributed by atoms with van der Waals surface area (Å²) in [5, 5.41) is 6.25. The molecule has 0 radical (unpaired) electrons. The van der Waals surface area contributed by atoms with Crippen molar-refractivity contribution in [3.63, 3.8) is 0 Å². The first kappa shape index (κ1) is 23.4. The Morgan fingerprint density at radius 1 is 1.12 bits per heavy atom. The van der Waals surface area contributed by atoms with Crippen LogP contribution in [0.2, 0.25) is 0 Å². The molecular formula is C3H8AgCuN3+. The Hall–Kier alpha value is 0.670. The Labute approximate surface area is 75.8 Å². The van der Waals surface area contributed by atoms with Gasteiger partial charge in [0.15, 0.2) is 0 Å². The largest absolute Gasteiger partial charge is 1.00 e. The van der Waals surface area contributed by atoms with Crippen LogP contribution in [0.5, 0.6) is 0 Å². The van der Waals surface area contributed by atoms with Crippen molar-refractivity contribution in [1.82, 2.24) is 0 Å². The summed E-state index contributed by atoms with van der Waals surface area (Å²) in [6.45, 7) is 5.94. The molecule has 0 aliphatic heterocycles. The SMILES string of the molecule is NCCN.[Ag+].[C-]#N.[Cu+]. The number of nitrogens with zero attached hydrogens (tertiary/aromatic N) is 1. The molecule has 0 aromatic rings. The molecule has 0 amide bonds. The topological polar surface area (TPSA) is 75.8 Å². The van der Waals surface area contributed by atoms with E-state index < -0.39 is 0 Å². The fraction of sp³-hybridized carbons (Fsp3) is 0.667. The standard InChI is InChI=1S/C2H8N2.CN.Ag.Cu/c3-1-2-4;1-2;;/h1-4H2;;;/q;-1;2*+1. The summed E-state index contributed by atoms with van der Waals surface area (Å²) in [5.41, 5.74) is 9.81. The fourth-order valence-corrected chi connectivity index (χ4v) is 0. The van der Waals surface area contributed by atoms with Crippen LogP contribution in [0.3, 0.4) is 0 Å². The van der Waals surface area contributed by atoms with Crippen LogP contribution in [0.25, 0.3) is 0 Å². The zero-order valence-electron chi connectivity index (χ0n) is 4.12. The normalized spacial score (nSPS) is 4.00. The van der Waals surface area contributed by atoms with Gasteiger partial charge in [-0.3, -0.25) is 0 Å². The molecule has 0 aromatic carbocycles. The van der Waals surface area contributed by atoms with Gasteiger partial charge in [0, 0.05) is 13.1 Å². The molecule has 0 saturated carbocycles. The van der Waals surface area contributed by atoms with Crippen molar-refractivity contribution in [3.05, 3.63) is 6.57 Å². The maximum Gasteiger partial charge on any atom is 1.00 e. The predicted molar refractivity (Wildman–Crippen MR) is 23.1 cm³/mol. The fourth-order valence-electron chi connectivity index (χ4n) is 0. The molecule has 4 N–H and O–H groups in total. The van der Waals surface area contributed by atoms with Crippen molar-refractivity contribution < 1.29 is 39.4 Å². The van der Waals surface area contributed by atoms with E-state index in [9.17, 15) is 0 Å². The van der Waals surface area contributed by atoms with Crippen molar-refractivity contribution in [2.24, 2.45) is 11.5 Å². The van der Waals surface area contributed by atoms with E-state index in [0.717, 1.165) is 0 Å². The Kier molecular flexibility index (Phi) is 140. The van der Waals surface area contributed by atoms with Gasteiger partial charge in [-0.2, -0.15) is 0 Å². The van der Waals surface area contributed by atoms with Crippen LogP contribution >= 0.6 is 0 Å². The van der Waals surface area contributed by atoms with Gasteiger partial charge in [-0.15, -0.1) is 0 Å². The molecule has 5 heteroatoms. The van der Waals surface area contributed by atoms with Gasteiger partial charge in [0.2, 0.25) is 0 Å². The van der Waals surface area contributed by atoms with E-state index in [1.165, 1.54) is 0 Å². The Morgan fingerprint density at radius 3 is 1.25 bits per heavy atom. The summed E-state index contributed by atoms with van der Waals surface area (Å²) in [5.74, 6) is 0. The third-order valence-corrected chi connectivity index (χ3v) is 0.167. The van der Waals surface area contributed by atoms with Crippen LogP contribution in [0.1, 0.15) is 0 Å². The number of hydrogen-bond donors (Lipinski definition) is 2. The molecule has 0 aliphatic rings. The molecule has 0 spiro atoms. The third-order valence-electron chi connectivity index (χ3n) is 0.167. The molecule has 0 saturated heterocycles. The van der Waals surface area contributed by atoms with Crippen LogP contribution in [-0.2, 0) is 39.4 Å². The minimum absolute atomic E-state index is 0.